The van der Waals surface area contributed by atoms with Gasteiger partial charge in [-0.25, -0.2) is 4.98 Å². The van der Waals surface area contributed by atoms with Crippen molar-refractivity contribution in [3.05, 3.63) is 70.0 Å². The Labute approximate surface area is 127 Å². The second-order valence-corrected chi connectivity index (χ2v) is 5.75. The molecular weight excluding hydrogens is 288 g/mol. The van der Waals surface area contributed by atoms with E-state index in [2.05, 4.69) is 46.0 Å². The third-order valence-electron chi connectivity index (χ3n) is 2.92. The Bertz CT molecular complexity index is 694. The van der Waals surface area contributed by atoms with Crippen molar-refractivity contribution < 1.29 is 0 Å². The highest BCUT2D eigenvalue weighted by molar-refractivity contribution is 7.10. The van der Waals surface area contributed by atoms with Crippen molar-refractivity contribution in [3.8, 4) is 11.1 Å². The van der Waals surface area contributed by atoms with Gasteiger partial charge in [-0.2, -0.15) is 0 Å². The zero-order valence-electron chi connectivity index (χ0n) is 10.7. The largest absolute Gasteiger partial charge is 0.365 e. The van der Waals surface area contributed by atoms with Crippen LogP contribution in [0.3, 0.4) is 0 Å². The first kappa shape index (κ1) is 13.2. The Hall–Kier alpha value is -1.84. The molecule has 0 aliphatic rings. The standard InChI is InChI=1S/C16H13ClN2S/c17-15-7-4-8-16(19-15)18-10-14-9-13(11-20-14)12-5-2-1-3-6-12/h1-9,11H,10H2,(H,18,19). The Morgan fingerprint density at radius 2 is 1.85 bits per heavy atom. The highest BCUT2D eigenvalue weighted by Crippen LogP contribution is 2.25. The minimum Gasteiger partial charge on any atom is -0.365 e. The molecule has 2 heterocycles. The molecule has 0 aliphatic heterocycles. The summed E-state index contributed by atoms with van der Waals surface area (Å²) in [6, 6.07) is 18.2. The van der Waals surface area contributed by atoms with E-state index in [1.807, 2.05) is 18.2 Å². The third-order valence-corrected chi connectivity index (χ3v) is 4.07. The van der Waals surface area contributed by atoms with Crippen LogP contribution < -0.4 is 5.32 Å². The van der Waals surface area contributed by atoms with E-state index < -0.39 is 0 Å². The molecule has 0 unspecified atom stereocenters. The second-order valence-electron chi connectivity index (χ2n) is 4.37. The average molecular weight is 301 g/mol. The van der Waals surface area contributed by atoms with Crippen molar-refractivity contribution in [1.82, 2.24) is 4.98 Å². The number of hydrogen-bond donors (Lipinski definition) is 1. The van der Waals surface area contributed by atoms with E-state index in [0.717, 1.165) is 12.4 Å². The number of aromatic nitrogens is 1. The van der Waals surface area contributed by atoms with E-state index in [-0.39, 0.29) is 0 Å². The van der Waals surface area contributed by atoms with Gasteiger partial charge in [-0.15, -0.1) is 11.3 Å². The zero-order chi connectivity index (χ0) is 13.8. The Morgan fingerprint density at radius 3 is 2.65 bits per heavy atom. The van der Waals surface area contributed by atoms with Gasteiger partial charge in [0.1, 0.15) is 11.0 Å². The van der Waals surface area contributed by atoms with Gasteiger partial charge in [-0.3, -0.25) is 0 Å². The number of benzene rings is 1. The van der Waals surface area contributed by atoms with Gasteiger partial charge in [0.25, 0.3) is 0 Å². The number of rotatable bonds is 4. The molecule has 0 bridgehead atoms. The van der Waals surface area contributed by atoms with Gasteiger partial charge in [0.2, 0.25) is 0 Å². The summed E-state index contributed by atoms with van der Waals surface area (Å²) >= 11 is 7.61. The number of nitrogens with one attached hydrogen (secondary N) is 1. The van der Waals surface area contributed by atoms with E-state index in [1.54, 1.807) is 17.4 Å². The lowest BCUT2D eigenvalue weighted by molar-refractivity contribution is 1.14. The number of halogens is 1. The zero-order valence-corrected chi connectivity index (χ0v) is 12.3. The maximum Gasteiger partial charge on any atom is 0.131 e. The molecule has 3 aromatic rings. The topological polar surface area (TPSA) is 24.9 Å². The third kappa shape index (κ3) is 3.18. The lowest BCUT2D eigenvalue weighted by Crippen LogP contribution is -1.99. The predicted molar refractivity (Wildman–Crippen MR) is 86.3 cm³/mol. The van der Waals surface area contributed by atoms with Gasteiger partial charge >= 0.3 is 0 Å². The first-order valence-electron chi connectivity index (χ1n) is 6.30. The molecule has 100 valence electrons. The number of pyridine rings is 1. The molecule has 0 spiro atoms. The quantitative estimate of drug-likeness (QED) is 0.680. The summed E-state index contributed by atoms with van der Waals surface area (Å²) < 4.78 is 0. The van der Waals surface area contributed by atoms with Crippen molar-refractivity contribution >= 4 is 28.8 Å². The summed E-state index contributed by atoms with van der Waals surface area (Å²) in [4.78, 5) is 5.48. The van der Waals surface area contributed by atoms with E-state index in [0.29, 0.717) is 5.15 Å². The molecule has 0 radical (unpaired) electrons. The normalized spacial score (nSPS) is 10.4. The molecule has 2 aromatic heterocycles. The van der Waals surface area contributed by atoms with Crippen LogP contribution in [-0.4, -0.2) is 4.98 Å². The first-order chi connectivity index (χ1) is 9.81. The van der Waals surface area contributed by atoms with Crippen LogP contribution in [0, 0.1) is 0 Å². The lowest BCUT2D eigenvalue weighted by Gasteiger charge is -2.03. The van der Waals surface area contributed by atoms with E-state index in [1.165, 1.54) is 16.0 Å². The van der Waals surface area contributed by atoms with Crippen LogP contribution in [0.2, 0.25) is 5.15 Å². The molecule has 1 aromatic carbocycles. The molecule has 0 saturated heterocycles. The number of anilines is 1. The summed E-state index contributed by atoms with van der Waals surface area (Å²) in [5, 5.41) is 5.97. The summed E-state index contributed by atoms with van der Waals surface area (Å²) in [7, 11) is 0. The van der Waals surface area contributed by atoms with Gasteiger partial charge in [-0.1, -0.05) is 48.0 Å². The molecule has 0 fully saturated rings. The lowest BCUT2D eigenvalue weighted by atomic mass is 10.1. The summed E-state index contributed by atoms with van der Waals surface area (Å²) in [6.07, 6.45) is 0. The Kier molecular flexibility index (Phi) is 4.00. The minimum absolute atomic E-state index is 0.506. The van der Waals surface area contributed by atoms with Crippen molar-refractivity contribution in [2.75, 3.05) is 5.32 Å². The molecular formula is C16H13ClN2S. The fraction of sp³-hybridized carbons (Fsp3) is 0.0625. The monoisotopic (exact) mass is 300 g/mol. The van der Waals surface area contributed by atoms with Gasteiger partial charge in [0.05, 0.1) is 6.54 Å². The van der Waals surface area contributed by atoms with Crippen LogP contribution in [0.4, 0.5) is 5.82 Å². The van der Waals surface area contributed by atoms with Crippen LogP contribution in [0.5, 0.6) is 0 Å². The smallest absolute Gasteiger partial charge is 0.131 e. The molecule has 3 rings (SSSR count). The molecule has 4 heteroatoms. The average Bonchev–Trinajstić information content (AvgIpc) is 2.95. The first-order valence-corrected chi connectivity index (χ1v) is 7.56. The molecule has 0 atom stereocenters. The number of nitrogens with zero attached hydrogens (tertiary/aromatic N) is 1. The number of hydrogen-bond acceptors (Lipinski definition) is 3. The summed E-state index contributed by atoms with van der Waals surface area (Å²) in [6.45, 7) is 0.755. The SMILES string of the molecule is Clc1cccc(NCc2cc(-c3ccccc3)cs2)n1. The molecule has 20 heavy (non-hydrogen) atoms. The highest BCUT2D eigenvalue weighted by Gasteiger charge is 2.02. The Balaban J connectivity index is 1.69. The fourth-order valence-corrected chi connectivity index (χ4v) is 2.94. The van der Waals surface area contributed by atoms with E-state index in [4.69, 9.17) is 11.6 Å². The fourth-order valence-electron chi connectivity index (χ4n) is 1.94. The molecule has 0 saturated carbocycles. The molecule has 1 N–H and O–H groups in total. The molecule has 0 aliphatic carbocycles. The van der Waals surface area contributed by atoms with Crippen molar-refractivity contribution in [1.29, 1.82) is 0 Å². The van der Waals surface area contributed by atoms with Crippen molar-refractivity contribution in [3.63, 3.8) is 0 Å². The molecule has 0 amide bonds. The van der Waals surface area contributed by atoms with Crippen molar-refractivity contribution in [2.45, 2.75) is 6.54 Å². The van der Waals surface area contributed by atoms with Gasteiger partial charge in [0.15, 0.2) is 0 Å². The van der Waals surface area contributed by atoms with Crippen LogP contribution >= 0.6 is 22.9 Å². The number of thiophene rings is 1. The van der Waals surface area contributed by atoms with Crippen molar-refractivity contribution in [2.24, 2.45) is 0 Å². The minimum atomic E-state index is 0.506. The maximum atomic E-state index is 5.86. The Morgan fingerprint density at radius 1 is 1.00 bits per heavy atom. The highest BCUT2D eigenvalue weighted by atomic mass is 35.5. The summed E-state index contributed by atoms with van der Waals surface area (Å²) in [5.74, 6) is 0.798. The van der Waals surface area contributed by atoms with Crippen LogP contribution in [-0.2, 0) is 6.54 Å². The van der Waals surface area contributed by atoms with E-state index in [9.17, 15) is 0 Å². The van der Waals surface area contributed by atoms with E-state index >= 15 is 0 Å². The van der Waals surface area contributed by atoms with Gasteiger partial charge < -0.3 is 5.32 Å². The van der Waals surface area contributed by atoms with Gasteiger partial charge in [-0.05, 0) is 34.7 Å². The van der Waals surface area contributed by atoms with Crippen LogP contribution in [0.25, 0.3) is 11.1 Å². The predicted octanol–water partition coefficient (Wildman–Crippen LogP) is 5.08. The molecule has 2 nitrogen and oxygen atoms in total. The van der Waals surface area contributed by atoms with Crippen LogP contribution in [0.15, 0.2) is 60.0 Å². The second kappa shape index (κ2) is 6.07. The van der Waals surface area contributed by atoms with Gasteiger partial charge in [0, 0.05) is 4.88 Å². The summed E-state index contributed by atoms with van der Waals surface area (Å²) in [5.41, 5.74) is 2.50. The maximum absolute atomic E-state index is 5.86. The van der Waals surface area contributed by atoms with Crippen LogP contribution in [0.1, 0.15) is 4.88 Å².